The van der Waals surface area contributed by atoms with Crippen LogP contribution in [0.1, 0.15) is 37.5 Å². The topological polar surface area (TPSA) is 56.8 Å². The summed E-state index contributed by atoms with van der Waals surface area (Å²) in [5.74, 6) is 1.86. The number of benzene rings is 3. The number of amides is 1. The number of hydrogen-bond acceptors (Lipinski definition) is 4. The van der Waals surface area contributed by atoms with Crippen molar-refractivity contribution in [1.29, 1.82) is 0 Å². The lowest BCUT2D eigenvalue weighted by molar-refractivity contribution is -0.111. The molecular formula is C28H29NO4. The summed E-state index contributed by atoms with van der Waals surface area (Å²) in [6, 6.07) is 21.5. The van der Waals surface area contributed by atoms with Gasteiger partial charge in [0.15, 0.2) is 11.5 Å². The number of nitrogens with one attached hydrogen (secondary N) is 1. The fraction of sp³-hybridized carbons (Fsp3) is 0.250. The summed E-state index contributed by atoms with van der Waals surface area (Å²) in [6.07, 6.45) is 1.63. The van der Waals surface area contributed by atoms with Crippen LogP contribution < -0.4 is 19.5 Å². The van der Waals surface area contributed by atoms with Crippen molar-refractivity contribution < 1.29 is 19.0 Å². The smallest absolute Gasteiger partial charge is 0.249 e. The SMILES string of the molecule is COc1ccc(/C(=C/C(=O)Nc2ccc3c(c2)OCCO3)c2ccc(C(C)(C)C)cc2)cc1. The van der Waals surface area contributed by atoms with Gasteiger partial charge >= 0.3 is 0 Å². The maximum atomic E-state index is 13.0. The molecule has 0 aliphatic carbocycles. The van der Waals surface area contributed by atoms with E-state index in [1.165, 1.54) is 5.56 Å². The number of carbonyl (C=O) groups is 1. The number of carbonyl (C=O) groups excluding carboxylic acids is 1. The van der Waals surface area contributed by atoms with Gasteiger partial charge in [-0.25, -0.2) is 0 Å². The van der Waals surface area contributed by atoms with Crippen LogP contribution in [0.15, 0.2) is 72.8 Å². The quantitative estimate of drug-likeness (QED) is 0.504. The summed E-state index contributed by atoms with van der Waals surface area (Å²) in [6.45, 7) is 7.58. The molecule has 0 atom stereocenters. The molecule has 0 fully saturated rings. The molecule has 170 valence electrons. The van der Waals surface area contributed by atoms with Crippen molar-refractivity contribution in [3.05, 3.63) is 89.5 Å². The molecule has 5 nitrogen and oxygen atoms in total. The Morgan fingerprint density at radius 1 is 0.879 bits per heavy atom. The van der Waals surface area contributed by atoms with Crippen LogP contribution in [0.3, 0.4) is 0 Å². The van der Waals surface area contributed by atoms with Crippen molar-refractivity contribution in [2.75, 3.05) is 25.6 Å². The van der Waals surface area contributed by atoms with E-state index in [4.69, 9.17) is 14.2 Å². The summed E-state index contributed by atoms with van der Waals surface area (Å²) in [5.41, 5.74) is 4.66. The molecule has 3 aromatic rings. The molecule has 33 heavy (non-hydrogen) atoms. The van der Waals surface area contributed by atoms with Crippen LogP contribution in [0.2, 0.25) is 0 Å². The lowest BCUT2D eigenvalue weighted by Crippen LogP contribution is -2.16. The van der Waals surface area contributed by atoms with E-state index in [9.17, 15) is 4.79 Å². The molecule has 1 amide bonds. The van der Waals surface area contributed by atoms with Crippen LogP contribution in [0.5, 0.6) is 17.2 Å². The molecule has 0 bridgehead atoms. The minimum atomic E-state index is -0.225. The predicted octanol–water partition coefficient (Wildman–Crippen LogP) is 5.83. The third-order valence-corrected chi connectivity index (χ3v) is 5.55. The average molecular weight is 444 g/mol. The molecule has 5 heteroatoms. The molecule has 1 N–H and O–H groups in total. The highest BCUT2D eigenvalue weighted by molar-refractivity contribution is 6.06. The van der Waals surface area contributed by atoms with Gasteiger partial charge in [0.2, 0.25) is 5.91 Å². The van der Waals surface area contributed by atoms with Crippen LogP contribution >= 0.6 is 0 Å². The summed E-state index contributed by atoms with van der Waals surface area (Å²) in [4.78, 5) is 13.0. The first kappa shape index (κ1) is 22.5. The van der Waals surface area contributed by atoms with Gasteiger partial charge < -0.3 is 19.5 Å². The van der Waals surface area contributed by atoms with E-state index in [-0.39, 0.29) is 11.3 Å². The average Bonchev–Trinajstić information content (AvgIpc) is 2.82. The Bertz CT molecular complexity index is 1160. The van der Waals surface area contributed by atoms with Gasteiger partial charge in [0.25, 0.3) is 0 Å². The zero-order valence-corrected chi connectivity index (χ0v) is 19.5. The van der Waals surface area contributed by atoms with E-state index in [2.05, 4.69) is 50.4 Å². The molecule has 0 unspecified atom stereocenters. The lowest BCUT2D eigenvalue weighted by atomic mass is 9.85. The maximum absolute atomic E-state index is 13.0. The molecule has 1 aliphatic rings. The minimum absolute atomic E-state index is 0.0537. The lowest BCUT2D eigenvalue weighted by Gasteiger charge is -2.20. The first-order valence-electron chi connectivity index (χ1n) is 11.0. The number of methoxy groups -OCH3 is 1. The molecule has 0 radical (unpaired) electrons. The van der Waals surface area contributed by atoms with Crippen molar-refractivity contribution in [2.24, 2.45) is 0 Å². The number of ether oxygens (including phenoxy) is 3. The maximum Gasteiger partial charge on any atom is 0.249 e. The zero-order valence-electron chi connectivity index (χ0n) is 19.5. The van der Waals surface area contributed by atoms with Crippen LogP contribution in [-0.2, 0) is 10.2 Å². The second-order valence-electron chi connectivity index (χ2n) is 8.96. The number of anilines is 1. The normalized spacial score (nSPS) is 13.4. The Morgan fingerprint density at radius 2 is 1.48 bits per heavy atom. The molecule has 0 saturated carbocycles. The van der Waals surface area contributed by atoms with Crippen molar-refractivity contribution in [1.82, 2.24) is 0 Å². The van der Waals surface area contributed by atoms with Crippen molar-refractivity contribution >= 4 is 17.2 Å². The van der Waals surface area contributed by atoms with E-state index in [0.29, 0.717) is 30.4 Å². The van der Waals surface area contributed by atoms with Crippen molar-refractivity contribution in [2.45, 2.75) is 26.2 Å². The Hall–Kier alpha value is -3.73. The minimum Gasteiger partial charge on any atom is -0.497 e. The highest BCUT2D eigenvalue weighted by atomic mass is 16.6. The van der Waals surface area contributed by atoms with Gasteiger partial charge in [0, 0.05) is 17.8 Å². The van der Waals surface area contributed by atoms with Crippen LogP contribution in [0, 0.1) is 0 Å². The first-order valence-corrected chi connectivity index (χ1v) is 11.0. The summed E-state index contributed by atoms with van der Waals surface area (Å²) in [5, 5.41) is 2.94. The summed E-state index contributed by atoms with van der Waals surface area (Å²) >= 11 is 0. The van der Waals surface area contributed by atoms with Gasteiger partial charge in [0.1, 0.15) is 19.0 Å². The van der Waals surface area contributed by atoms with E-state index in [1.807, 2.05) is 36.4 Å². The molecular weight excluding hydrogens is 414 g/mol. The van der Waals surface area contributed by atoms with Crippen LogP contribution in [0.4, 0.5) is 5.69 Å². The number of fused-ring (bicyclic) bond motifs is 1. The van der Waals surface area contributed by atoms with Gasteiger partial charge in [-0.15, -0.1) is 0 Å². The third kappa shape index (κ3) is 5.37. The molecule has 1 aliphatic heterocycles. The standard InChI is InChI=1S/C28H29NO4/c1-28(2,3)21-9-5-19(6-10-21)24(20-7-12-23(31-4)13-8-20)18-27(30)29-22-11-14-25-26(17-22)33-16-15-32-25/h5-14,17-18H,15-16H2,1-4H3,(H,29,30)/b24-18+. The van der Waals surface area contributed by atoms with Crippen LogP contribution in [-0.4, -0.2) is 26.2 Å². The van der Waals surface area contributed by atoms with Gasteiger partial charge in [0.05, 0.1) is 7.11 Å². The van der Waals surface area contributed by atoms with E-state index in [0.717, 1.165) is 22.4 Å². The molecule has 3 aromatic carbocycles. The van der Waals surface area contributed by atoms with E-state index >= 15 is 0 Å². The highest BCUT2D eigenvalue weighted by Gasteiger charge is 2.16. The van der Waals surface area contributed by atoms with Crippen LogP contribution in [0.25, 0.3) is 5.57 Å². The van der Waals surface area contributed by atoms with Gasteiger partial charge in [-0.05, 0) is 51.9 Å². The zero-order chi connectivity index (χ0) is 23.4. The molecule has 4 rings (SSSR count). The highest BCUT2D eigenvalue weighted by Crippen LogP contribution is 2.33. The van der Waals surface area contributed by atoms with Crippen molar-refractivity contribution in [3.8, 4) is 17.2 Å². The van der Waals surface area contributed by atoms with E-state index < -0.39 is 0 Å². The molecule has 1 heterocycles. The fourth-order valence-electron chi connectivity index (χ4n) is 3.68. The Labute approximate surface area is 195 Å². The first-order chi connectivity index (χ1) is 15.8. The predicted molar refractivity (Wildman–Crippen MR) is 131 cm³/mol. The molecule has 0 aromatic heterocycles. The van der Waals surface area contributed by atoms with Gasteiger partial charge in [-0.2, -0.15) is 0 Å². The van der Waals surface area contributed by atoms with Gasteiger partial charge in [-0.1, -0.05) is 57.2 Å². The molecule has 0 saturated heterocycles. The van der Waals surface area contributed by atoms with Gasteiger partial charge in [-0.3, -0.25) is 4.79 Å². The Morgan fingerprint density at radius 3 is 2.09 bits per heavy atom. The summed E-state index contributed by atoms with van der Waals surface area (Å²) in [7, 11) is 1.64. The van der Waals surface area contributed by atoms with E-state index in [1.54, 1.807) is 19.3 Å². The molecule has 0 spiro atoms. The number of rotatable bonds is 5. The third-order valence-electron chi connectivity index (χ3n) is 5.55. The number of hydrogen-bond donors (Lipinski definition) is 1. The summed E-state index contributed by atoms with van der Waals surface area (Å²) < 4.78 is 16.5. The van der Waals surface area contributed by atoms with Crippen molar-refractivity contribution in [3.63, 3.8) is 0 Å². The Balaban J connectivity index is 1.65. The Kier molecular flexibility index (Phi) is 6.40. The second-order valence-corrected chi connectivity index (χ2v) is 8.96. The largest absolute Gasteiger partial charge is 0.497 e. The fourth-order valence-corrected chi connectivity index (χ4v) is 3.68. The second kappa shape index (κ2) is 9.41. The monoisotopic (exact) mass is 443 g/mol.